The molecule has 8 heteroatoms. The number of amides is 2. The molecule has 0 spiro atoms. The minimum Gasteiger partial charge on any atom is -0.459 e. The quantitative estimate of drug-likeness (QED) is 0.736. The second-order valence-electron chi connectivity index (χ2n) is 6.62. The van der Waals surface area contributed by atoms with Crippen molar-refractivity contribution in [3.05, 3.63) is 78.3 Å². The van der Waals surface area contributed by atoms with Crippen molar-refractivity contribution >= 4 is 23.2 Å². The van der Waals surface area contributed by atoms with E-state index in [9.17, 15) is 14.0 Å². The molecular weight excluding hydrogens is 375 g/mol. The van der Waals surface area contributed by atoms with Crippen molar-refractivity contribution in [3.63, 3.8) is 0 Å². The highest BCUT2D eigenvalue weighted by Crippen LogP contribution is 2.19. The number of piperazine rings is 1. The molecule has 1 fully saturated rings. The first kappa shape index (κ1) is 18.7. The van der Waals surface area contributed by atoms with E-state index in [1.807, 2.05) is 6.07 Å². The van der Waals surface area contributed by atoms with E-state index >= 15 is 0 Å². The first-order valence-electron chi connectivity index (χ1n) is 9.21. The molecule has 1 aliphatic rings. The van der Waals surface area contributed by atoms with Crippen LogP contribution in [-0.2, 0) is 0 Å². The van der Waals surface area contributed by atoms with E-state index < -0.39 is 11.7 Å². The van der Waals surface area contributed by atoms with Crippen LogP contribution in [0.4, 0.5) is 15.8 Å². The summed E-state index contributed by atoms with van der Waals surface area (Å²) in [5.41, 5.74) is 1.45. The lowest BCUT2D eigenvalue weighted by atomic mass is 10.2. The van der Waals surface area contributed by atoms with Gasteiger partial charge in [0.1, 0.15) is 11.5 Å². The molecule has 0 unspecified atom stereocenters. The Labute approximate surface area is 166 Å². The summed E-state index contributed by atoms with van der Waals surface area (Å²) in [7, 11) is 0. The molecule has 4 rings (SSSR count). The summed E-state index contributed by atoms with van der Waals surface area (Å²) in [4.78, 5) is 32.8. The van der Waals surface area contributed by atoms with E-state index in [1.165, 1.54) is 24.5 Å². The van der Waals surface area contributed by atoms with Gasteiger partial charge in [-0.05, 0) is 42.5 Å². The van der Waals surface area contributed by atoms with E-state index in [4.69, 9.17) is 4.42 Å². The molecule has 3 heterocycles. The molecular formula is C21H19FN4O3. The molecule has 0 saturated carbocycles. The zero-order chi connectivity index (χ0) is 20.2. The van der Waals surface area contributed by atoms with E-state index in [0.29, 0.717) is 37.6 Å². The largest absolute Gasteiger partial charge is 0.459 e. The van der Waals surface area contributed by atoms with Crippen LogP contribution in [-0.4, -0.2) is 47.9 Å². The van der Waals surface area contributed by atoms with Gasteiger partial charge in [0.05, 0.1) is 6.26 Å². The number of nitrogens with zero attached hydrogens (tertiary/aromatic N) is 3. The summed E-state index contributed by atoms with van der Waals surface area (Å²) >= 11 is 0. The van der Waals surface area contributed by atoms with Gasteiger partial charge in [-0.1, -0.05) is 6.07 Å². The van der Waals surface area contributed by atoms with Gasteiger partial charge in [-0.25, -0.2) is 4.39 Å². The third kappa shape index (κ3) is 4.26. The van der Waals surface area contributed by atoms with Crippen molar-refractivity contribution in [1.82, 2.24) is 9.88 Å². The van der Waals surface area contributed by atoms with Crippen LogP contribution in [0.5, 0.6) is 0 Å². The third-order valence-electron chi connectivity index (χ3n) is 4.72. The van der Waals surface area contributed by atoms with Crippen LogP contribution in [0.25, 0.3) is 0 Å². The van der Waals surface area contributed by atoms with Crippen LogP contribution in [0.3, 0.4) is 0 Å². The lowest BCUT2D eigenvalue weighted by Gasteiger charge is -2.35. The van der Waals surface area contributed by atoms with Crippen molar-refractivity contribution in [2.45, 2.75) is 0 Å². The van der Waals surface area contributed by atoms with Gasteiger partial charge in [0.25, 0.3) is 11.8 Å². The molecule has 7 nitrogen and oxygen atoms in total. The Balaban J connectivity index is 1.40. The molecule has 1 aromatic carbocycles. The molecule has 2 aromatic heterocycles. The maximum absolute atomic E-state index is 13.3. The maximum Gasteiger partial charge on any atom is 0.289 e. The van der Waals surface area contributed by atoms with Crippen molar-refractivity contribution in [2.75, 3.05) is 36.4 Å². The second-order valence-corrected chi connectivity index (χ2v) is 6.62. The molecule has 0 aliphatic carbocycles. The average Bonchev–Trinajstić information content (AvgIpc) is 3.28. The third-order valence-corrected chi connectivity index (χ3v) is 4.72. The summed E-state index contributed by atoms with van der Waals surface area (Å²) in [6, 6.07) is 12.6. The van der Waals surface area contributed by atoms with Crippen molar-refractivity contribution in [2.24, 2.45) is 0 Å². The average molecular weight is 394 g/mol. The van der Waals surface area contributed by atoms with Gasteiger partial charge in [-0.3, -0.25) is 14.6 Å². The fourth-order valence-corrected chi connectivity index (χ4v) is 3.23. The Bertz CT molecular complexity index is 1010. The fraction of sp³-hybridized carbons (Fsp3) is 0.190. The van der Waals surface area contributed by atoms with Crippen LogP contribution in [0.2, 0.25) is 0 Å². The lowest BCUT2D eigenvalue weighted by Crippen LogP contribution is -2.48. The molecule has 0 radical (unpaired) electrons. The van der Waals surface area contributed by atoms with Crippen LogP contribution in [0.1, 0.15) is 21.0 Å². The van der Waals surface area contributed by atoms with Gasteiger partial charge in [-0.15, -0.1) is 0 Å². The SMILES string of the molecule is O=C(Nc1cccc(F)c1)c1cc(N2CCN(C(=O)c3ccco3)CC2)ccn1. The number of nitrogens with one attached hydrogen (secondary N) is 1. The molecule has 1 saturated heterocycles. The highest BCUT2D eigenvalue weighted by Gasteiger charge is 2.24. The number of benzene rings is 1. The van der Waals surface area contributed by atoms with E-state index in [1.54, 1.807) is 35.4 Å². The Morgan fingerprint density at radius 3 is 2.59 bits per heavy atom. The summed E-state index contributed by atoms with van der Waals surface area (Å²) < 4.78 is 18.5. The van der Waals surface area contributed by atoms with Gasteiger partial charge in [0.2, 0.25) is 0 Å². The number of anilines is 2. The van der Waals surface area contributed by atoms with Crippen LogP contribution >= 0.6 is 0 Å². The van der Waals surface area contributed by atoms with Gasteiger partial charge < -0.3 is 19.5 Å². The molecule has 2 amide bonds. The zero-order valence-electron chi connectivity index (χ0n) is 15.5. The molecule has 29 heavy (non-hydrogen) atoms. The number of hydrogen-bond acceptors (Lipinski definition) is 5. The van der Waals surface area contributed by atoms with Crippen molar-refractivity contribution in [3.8, 4) is 0 Å². The fourth-order valence-electron chi connectivity index (χ4n) is 3.23. The molecule has 148 valence electrons. The Morgan fingerprint density at radius 1 is 1.03 bits per heavy atom. The van der Waals surface area contributed by atoms with E-state index in [-0.39, 0.29) is 11.6 Å². The standard InChI is InChI=1S/C21H19FN4O3/c22-15-3-1-4-16(13-15)24-20(27)18-14-17(6-7-23-18)25-8-10-26(11-9-25)21(28)19-5-2-12-29-19/h1-7,12-14H,8-11H2,(H,24,27). The van der Waals surface area contributed by atoms with Crippen molar-refractivity contribution < 1.29 is 18.4 Å². The summed E-state index contributed by atoms with van der Waals surface area (Å²) in [5, 5.41) is 2.64. The normalized spacial score (nSPS) is 14.0. The first-order valence-corrected chi connectivity index (χ1v) is 9.21. The highest BCUT2D eigenvalue weighted by atomic mass is 19.1. The molecule has 1 aliphatic heterocycles. The predicted octanol–water partition coefficient (Wildman–Crippen LogP) is 3.03. The van der Waals surface area contributed by atoms with Gasteiger partial charge in [0.15, 0.2) is 5.76 Å². The van der Waals surface area contributed by atoms with E-state index in [0.717, 1.165) is 5.69 Å². The van der Waals surface area contributed by atoms with Crippen LogP contribution in [0.15, 0.2) is 65.4 Å². The summed E-state index contributed by atoms with van der Waals surface area (Å²) in [6.45, 7) is 2.35. The van der Waals surface area contributed by atoms with Gasteiger partial charge in [0, 0.05) is 43.8 Å². The molecule has 3 aromatic rings. The smallest absolute Gasteiger partial charge is 0.289 e. The maximum atomic E-state index is 13.3. The van der Waals surface area contributed by atoms with Crippen LogP contribution < -0.4 is 10.2 Å². The van der Waals surface area contributed by atoms with Crippen molar-refractivity contribution in [1.29, 1.82) is 0 Å². The monoisotopic (exact) mass is 394 g/mol. The van der Waals surface area contributed by atoms with E-state index in [2.05, 4.69) is 15.2 Å². The zero-order valence-corrected chi connectivity index (χ0v) is 15.5. The number of pyridine rings is 1. The topological polar surface area (TPSA) is 78.7 Å². The molecule has 1 N–H and O–H groups in total. The van der Waals surface area contributed by atoms with Gasteiger partial charge >= 0.3 is 0 Å². The Morgan fingerprint density at radius 2 is 1.86 bits per heavy atom. The predicted molar refractivity (Wildman–Crippen MR) is 105 cm³/mol. The number of halogens is 1. The summed E-state index contributed by atoms with van der Waals surface area (Å²) in [6.07, 6.45) is 3.05. The van der Waals surface area contributed by atoms with Crippen LogP contribution in [0, 0.1) is 5.82 Å². The molecule has 0 bridgehead atoms. The lowest BCUT2D eigenvalue weighted by molar-refractivity contribution is 0.0714. The molecule has 0 atom stereocenters. The number of carbonyl (C=O) groups is 2. The number of aromatic nitrogens is 1. The number of furan rings is 1. The second kappa shape index (κ2) is 8.14. The highest BCUT2D eigenvalue weighted by molar-refractivity contribution is 6.03. The minimum absolute atomic E-state index is 0.125. The number of hydrogen-bond donors (Lipinski definition) is 1. The number of carbonyl (C=O) groups excluding carboxylic acids is 2. The number of rotatable bonds is 4. The Hall–Kier alpha value is -3.68. The van der Waals surface area contributed by atoms with Gasteiger partial charge in [-0.2, -0.15) is 0 Å². The first-order chi connectivity index (χ1) is 14.1. The summed E-state index contributed by atoms with van der Waals surface area (Å²) in [5.74, 6) is -0.631. The Kier molecular flexibility index (Phi) is 5.24. The minimum atomic E-state index is -0.425.